The molecular formula is C57H92O14. The Hall–Kier alpha value is -3.35. The highest BCUT2D eigenvalue weighted by Gasteiger charge is 2.47. The summed E-state index contributed by atoms with van der Waals surface area (Å²) < 4.78 is 34.2. The Morgan fingerprint density at radius 2 is 0.873 bits per heavy atom. The molecule has 71 heavy (non-hydrogen) atoms. The Kier molecular flexibility index (Phi) is 38.7. The van der Waals surface area contributed by atoms with Gasteiger partial charge in [-0.1, -0.05) is 149 Å². The molecule has 7 N–H and O–H groups in total. The molecule has 0 aliphatic carbocycles. The normalized spacial score (nSPS) is 26.2. The zero-order valence-corrected chi connectivity index (χ0v) is 42.9. The fraction of sp³-hybridized carbons (Fsp3) is 0.667. The van der Waals surface area contributed by atoms with Crippen molar-refractivity contribution >= 4 is 5.97 Å². The molecule has 0 aromatic heterocycles. The van der Waals surface area contributed by atoms with E-state index in [2.05, 4.69) is 123 Å². The minimum atomic E-state index is -1.72. The molecule has 0 amide bonds. The first-order valence-electron chi connectivity index (χ1n) is 26.5. The highest BCUT2D eigenvalue weighted by atomic mass is 16.7. The number of rotatable bonds is 40. The van der Waals surface area contributed by atoms with E-state index in [0.29, 0.717) is 13.0 Å². The third-order valence-electron chi connectivity index (χ3n) is 11.8. The number of ether oxygens (including phenoxy) is 6. The Morgan fingerprint density at radius 3 is 1.37 bits per heavy atom. The van der Waals surface area contributed by atoms with Gasteiger partial charge in [-0.05, 0) is 96.3 Å². The van der Waals surface area contributed by atoms with Gasteiger partial charge in [0.05, 0.1) is 26.4 Å². The van der Waals surface area contributed by atoms with E-state index in [1.807, 2.05) is 0 Å². The molecule has 2 heterocycles. The number of aliphatic hydroxyl groups is 7. The zero-order valence-electron chi connectivity index (χ0n) is 42.9. The van der Waals surface area contributed by atoms with Crippen LogP contribution in [0.15, 0.2) is 109 Å². The predicted molar refractivity (Wildman–Crippen MR) is 279 cm³/mol. The van der Waals surface area contributed by atoms with Crippen LogP contribution in [0.4, 0.5) is 0 Å². The zero-order chi connectivity index (χ0) is 51.6. The highest BCUT2D eigenvalue weighted by Crippen LogP contribution is 2.26. The Bertz CT molecular complexity index is 1580. The summed E-state index contributed by atoms with van der Waals surface area (Å²) in [4.78, 5) is 13.0. The van der Waals surface area contributed by atoms with E-state index >= 15 is 0 Å². The SMILES string of the molecule is CC/C=C\C/C=C\C/C=C\C/C=C\C/C=C\C/C=C\CCCCCCCOCC(COC1OC(COC2OC(CO)C(O)C(O)C2O)C(O)C(O)C1O)OC(=O)CCCCC/C=C\C/C=C\C/C=C\CC. The van der Waals surface area contributed by atoms with Crippen molar-refractivity contribution in [2.45, 2.75) is 210 Å². The minimum absolute atomic E-state index is 0.0280. The Morgan fingerprint density at radius 1 is 0.465 bits per heavy atom. The molecule has 0 aromatic rings. The van der Waals surface area contributed by atoms with E-state index in [0.717, 1.165) is 116 Å². The predicted octanol–water partition coefficient (Wildman–Crippen LogP) is 8.40. The number of carbonyl (C=O) groups excluding carboxylic acids is 1. The quantitative estimate of drug-likeness (QED) is 0.0175. The molecule has 14 nitrogen and oxygen atoms in total. The van der Waals surface area contributed by atoms with Gasteiger partial charge >= 0.3 is 5.97 Å². The molecule has 2 fully saturated rings. The molecule has 2 aliphatic rings. The molecule has 14 heteroatoms. The van der Waals surface area contributed by atoms with Crippen molar-refractivity contribution in [1.82, 2.24) is 0 Å². The van der Waals surface area contributed by atoms with Gasteiger partial charge in [-0.15, -0.1) is 0 Å². The first kappa shape index (κ1) is 63.8. The fourth-order valence-corrected chi connectivity index (χ4v) is 7.54. The molecule has 2 aliphatic heterocycles. The molecule has 404 valence electrons. The average Bonchev–Trinajstić information content (AvgIpc) is 3.37. The topological polar surface area (TPSA) is 214 Å². The van der Waals surface area contributed by atoms with Crippen molar-refractivity contribution in [1.29, 1.82) is 0 Å². The van der Waals surface area contributed by atoms with Gasteiger partial charge in [0, 0.05) is 13.0 Å². The summed E-state index contributed by atoms with van der Waals surface area (Å²) in [6.45, 7) is 3.33. The van der Waals surface area contributed by atoms with Crippen LogP contribution in [0.2, 0.25) is 0 Å². The van der Waals surface area contributed by atoms with E-state index < -0.39 is 86.7 Å². The van der Waals surface area contributed by atoms with Crippen molar-refractivity contribution in [2.75, 3.05) is 33.0 Å². The molecule has 11 atom stereocenters. The van der Waals surface area contributed by atoms with E-state index in [4.69, 9.17) is 28.4 Å². The van der Waals surface area contributed by atoms with Gasteiger partial charge in [0.2, 0.25) is 0 Å². The number of esters is 1. The molecular weight excluding hydrogens is 909 g/mol. The summed E-state index contributed by atoms with van der Waals surface area (Å²) in [6, 6.07) is 0. The lowest BCUT2D eigenvalue weighted by molar-refractivity contribution is -0.332. The number of aliphatic hydroxyl groups excluding tert-OH is 7. The average molecular weight is 1000 g/mol. The van der Waals surface area contributed by atoms with Gasteiger partial charge in [-0.2, -0.15) is 0 Å². The third kappa shape index (κ3) is 30.4. The van der Waals surface area contributed by atoms with Crippen LogP contribution in [-0.2, 0) is 33.2 Å². The summed E-state index contributed by atoms with van der Waals surface area (Å²) >= 11 is 0. The molecule has 2 saturated heterocycles. The maximum atomic E-state index is 13.0. The van der Waals surface area contributed by atoms with E-state index in [9.17, 15) is 40.5 Å². The van der Waals surface area contributed by atoms with E-state index in [-0.39, 0.29) is 19.6 Å². The van der Waals surface area contributed by atoms with Crippen molar-refractivity contribution < 1.29 is 69.0 Å². The maximum absolute atomic E-state index is 13.0. The minimum Gasteiger partial charge on any atom is -0.457 e. The smallest absolute Gasteiger partial charge is 0.306 e. The summed E-state index contributed by atoms with van der Waals surface area (Å²) in [5.74, 6) is -0.418. The van der Waals surface area contributed by atoms with Crippen molar-refractivity contribution in [3.63, 3.8) is 0 Å². The van der Waals surface area contributed by atoms with Crippen LogP contribution in [0.25, 0.3) is 0 Å². The van der Waals surface area contributed by atoms with Crippen LogP contribution in [0.5, 0.6) is 0 Å². The summed E-state index contributed by atoms with van der Waals surface area (Å²) in [6.07, 6.45) is 41.6. The molecule has 11 unspecified atom stereocenters. The van der Waals surface area contributed by atoms with Gasteiger partial charge in [-0.25, -0.2) is 0 Å². The first-order valence-corrected chi connectivity index (χ1v) is 26.5. The number of hydrogen-bond donors (Lipinski definition) is 7. The molecule has 0 bridgehead atoms. The Labute approximate surface area is 425 Å². The molecule has 0 saturated carbocycles. The second kappa shape index (κ2) is 43.1. The maximum Gasteiger partial charge on any atom is 0.306 e. The number of allylic oxidation sites excluding steroid dienone is 18. The van der Waals surface area contributed by atoms with Gasteiger partial charge < -0.3 is 64.2 Å². The second-order valence-corrected chi connectivity index (χ2v) is 17.9. The van der Waals surface area contributed by atoms with E-state index in [1.165, 1.54) is 0 Å². The number of hydrogen-bond acceptors (Lipinski definition) is 14. The van der Waals surface area contributed by atoms with Gasteiger partial charge in [0.15, 0.2) is 12.6 Å². The fourth-order valence-electron chi connectivity index (χ4n) is 7.54. The van der Waals surface area contributed by atoms with Crippen molar-refractivity contribution in [3.05, 3.63) is 109 Å². The number of carbonyl (C=O) groups is 1. The van der Waals surface area contributed by atoms with Crippen molar-refractivity contribution in [2.24, 2.45) is 0 Å². The Balaban J connectivity index is 1.76. The van der Waals surface area contributed by atoms with Crippen LogP contribution in [0, 0.1) is 0 Å². The lowest BCUT2D eigenvalue weighted by Gasteiger charge is -2.42. The second-order valence-electron chi connectivity index (χ2n) is 17.9. The van der Waals surface area contributed by atoms with Crippen LogP contribution >= 0.6 is 0 Å². The van der Waals surface area contributed by atoms with Gasteiger partial charge in [0.25, 0.3) is 0 Å². The third-order valence-corrected chi connectivity index (χ3v) is 11.8. The summed E-state index contributed by atoms with van der Waals surface area (Å²) in [5, 5.41) is 72.2. The highest BCUT2D eigenvalue weighted by molar-refractivity contribution is 5.69. The molecule has 0 aromatic carbocycles. The largest absolute Gasteiger partial charge is 0.457 e. The van der Waals surface area contributed by atoms with Gasteiger partial charge in [0.1, 0.15) is 54.9 Å². The van der Waals surface area contributed by atoms with Crippen LogP contribution < -0.4 is 0 Å². The monoisotopic (exact) mass is 1000 g/mol. The van der Waals surface area contributed by atoms with Crippen molar-refractivity contribution in [3.8, 4) is 0 Å². The van der Waals surface area contributed by atoms with Crippen LogP contribution in [0.3, 0.4) is 0 Å². The summed E-state index contributed by atoms with van der Waals surface area (Å²) in [7, 11) is 0. The number of unbranched alkanes of at least 4 members (excludes halogenated alkanes) is 8. The lowest BCUT2D eigenvalue weighted by atomic mass is 9.98. The molecule has 2 rings (SSSR count). The van der Waals surface area contributed by atoms with Crippen LogP contribution in [0.1, 0.15) is 142 Å². The molecule has 0 spiro atoms. The van der Waals surface area contributed by atoms with E-state index in [1.54, 1.807) is 0 Å². The standard InChI is InChI=1S/C57H92O14/c1-3-5-7-9-11-13-15-17-18-19-20-21-22-23-24-25-26-27-29-31-33-35-37-39-41-66-43-46(69-49(59)40-38-36-34-32-30-28-16-14-12-10-8-6-4-2)44-67-56-55(65)53(63)51(61)48(71-56)45-68-57-54(64)52(62)50(60)47(42-58)70-57/h5-8,11-14,17-18,20-21,23-24,26-28,30,46-48,50-58,60-65H,3-4,9-10,15-16,19,22,25,29,31-45H2,1-2H3/b7-5-,8-6-,13-11-,14-12-,18-17-,21-20-,24-23-,27-26-,30-28-. The lowest BCUT2D eigenvalue weighted by Crippen LogP contribution is -2.61. The van der Waals surface area contributed by atoms with Crippen LogP contribution in [-0.4, -0.2) is 142 Å². The first-order chi connectivity index (χ1) is 34.6. The van der Waals surface area contributed by atoms with Gasteiger partial charge in [-0.3, -0.25) is 4.79 Å². The molecule has 0 radical (unpaired) electrons. The summed E-state index contributed by atoms with van der Waals surface area (Å²) in [5.41, 5.74) is 0.